The first-order chi connectivity index (χ1) is 7.04. The molecule has 0 rings (SSSR count). The third kappa shape index (κ3) is 5.74. The van der Waals surface area contributed by atoms with Gasteiger partial charge in [0.05, 0.1) is 19.6 Å². The van der Waals surface area contributed by atoms with Crippen LogP contribution >= 0.6 is 0 Å². The summed E-state index contributed by atoms with van der Waals surface area (Å²) in [4.78, 5) is 11.2. The number of aliphatic hydroxyl groups excluding tert-OH is 1. The van der Waals surface area contributed by atoms with E-state index in [1.54, 1.807) is 0 Å². The van der Waals surface area contributed by atoms with Crippen LogP contribution in [0.5, 0.6) is 0 Å². The number of aliphatic hydroxyl groups is 1. The Morgan fingerprint density at radius 3 is 2.47 bits per heavy atom. The molecule has 0 radical (unpaired) electrons. The van der Waals surface area contributed by atoms with Crippen molar-refractivity contribution in [3.8, 4) is 0 Å². The Labute approximate surface area is 92.0 Å². The van der Waals surface area contributed by atoms with Gasteiger partial charge in [-0.2, -0.15) is 0 Å². The molecule has 0 saturated carbocycles. The van der Waals surface area contributed by atoms with Crippen LogP contribution in [0.15, 0.2) is 0 Å². The fourth-order valence-corrected chi connectivity index (χ4v) is 1.60. The number of hydrogen-bond acceptors (Lipinski definition) is 4. The largest absolute Gasteiger partial charge is 0.469 e. The summed E-state index contributed by atoms with van der Waals surface area (Å²) in [6, 6.07) is 0.320. The zero-order valence-corrected chi connectivity index (χ0v) is 10.1. The van der Waals surface area contributed by atoms with Crippen molar-refractivity contribution in [3.05, 3.63) is 0 Å². The molecule has 3 atom stereocenters. The van der Waals surface area contributed by atoms with Crippen molar-refractivity contribution in [1.82, 2.24) is 5.32 Å². The molecule has 0 fully saturated rings. The van der Waals surface area contributed by atoms with Crippen LogP contribution in [0, 0.1) is 5.92 Å². The van der Waals surface area contributed by atoms with Gasteiger partial charge in [-0.1, -0.05) is 13.8 Å². The van der Waals surface area contributed by atoms with Crippen LogP contribution in [-0.4, -0.2) is 36.9 Å². The highest BCUT2D eigenvalue weighted by atomic mass is 16.5. The van der Waals surface area contributed by atoms with Gasteiger partial charge in [0.2, 0.25) is 0 Å². The predicted molar refractivity (Wildman–Crippen MR) is 59.6 cm³/mol. The van der Waals surface area contributed by atoms with Crippen LogP contribution < -0.4 is 5.32 Å². The van der Waals surface area contributed by atoms with E-state index in [1.807, 2.05) is 20.8 Å². The van der Waals surface area contributed by atoms with Crippen molar-refractivity contribution < 1.29 is 14.6 Å². The van der Waals surface area contributed by atoms with Gasteiger partial charge in [0.25, 0.3) is 0 Å². The molecule has 90 valence electrons. The molecule has 0 aliphatic heterocycles. The van der Waals surface area contributed by atoms with Crippen molar-refractivity contribution in [2.75, 3.05) is 13.7 Å². The van der Waals surface area contributed by atoms with E-state index in [0.29, 0.717) is 0 Å². The molecule has 0 aromatic rings. The quantitative estimate of drug-likeness (QED) is 0.623. The first-order valence-corrected chi connectivity index (χ1v) is 5.49. The van der Waals surface area contributed by atoms with Crippen LogP contribution in [0.3, 0.4) is 0 Å². The summed E-state index contributed by atoms with van der Waals surface area (Å²) in [5, 5.41) is 12.3. The summed E-state index contributed by atoms with van der Waals surface area (Å²) in [7, 11) is 1.40. The van der Waals surface area contributed by atoms with E-state index in [1.165, 1.54) is 7.11 Å². The Kier molecular flexibility index (Phi) is 7.34. The van der Waals surface area contributed by atoms with Gasteiger partial charge in [-0.05, 0) is 19.8 Å². The van der Waals surface area contributed by atoms with Gasteiger partial charge in [-0.3, -0.25) is 4.79 Å². The highest BCUT2D eigenvalue weighted by Gasteiger charge is 2.18. The van der Waals surface area contributed by atoms with Gasteiger partial charge in [0.15, 0.2) is 0 Å². The summed E-state index contributed by atoms with van der Waals surface area (Å²) in [6.45, 7) is 6.01. The topological polar surface area (TPSA) is 58.6 Å². The molecule has 2 N–H and O–H groups in total. The number of methoxy groups -OCH3 is 1. The zero-order valence-electron chi connectivity index (χ0n) is 10.1. The molecule has 2 unspecified atom stereocenters. The molecule has 0 heterocycles. The lowest BCUT2D eigenvalue weighted by atomic mass is 10.0. The summed E-state index contributed by atoms with van der Waals surface area (Å²) in [5.41, 5.74) is 0. The minimum atomic E-state index is -0.180. The predicted octanol–water partition coefficient (Wildman–Crippen LogP) is 0.935. The minimum absolute atomic E-state index is 0.103. The van der Waals surface area contributed by atoms with Crippen molar-refractivity contribution >= 4 is 5.97 Å². The van der Waals surface area contributed by atoms with Gasteiger partial charge in [0, 0.05) is 12.1 Å². The number of ether oxygens (including phenoxy) is 1. The monoisotopic (exact) mass is 217 g/mol. The fourth-order valence-electron chi connectivity index (χ4n) is 1.60. The lowest BCUT2D eigenvalue weighted by molar-refractivity contribution is -0.145. The third-order valence-electron chi connectivity index (χ3n) is 2.54. The average Bonchev–Trinajstić information content (AvgIpc) is 2.24. The molecule has 0 aromatic heterocycles. The van der Waals surface area contributed by atoms with Crippen molar-refractivity contribution in [3.63, 3.8) is 0 Å². The number of carbonyl (C=O) groups excluding carboxylic acids is 1. The lowest BCUT2D eigenvalue weighted by Gasteiger charge is -2.22. The molecule has 0 spiro atoms. The molecule has 0 aliphatic carbocycles. The maximum atomic E-state index is 11.2. The second-order valence-electron chi connectivity index (χ2n) is 4.02. The molecular weight excluding hydrogens is 194 g/mol. The summed E-state index contributed by atoms with van der Waals surface area (Å²) < 4.78 is 4.65. The van der Waals surface area contributed by atoms with E-state index in [-0.39, 0.29) is 30.6 Å². The molecule has 0 aromatic carbocycles. The molecule has 15 heavy (non-hydrogen) atoms. The van der Waals surface area contributed by atoms with Crippen LogP contribution in [-0.2, 0) is 9.53 Å². The van der Waals surface area contributed by atoms with Gasteiger partial charge < -0.3 is 15.2 Å². The van der Waals surface area contributed by atoms with Gasteiger partial charge in [-0.15, -0.1) is 0 Å². The third-order valence-corrected chi connectivity index (χ3v) is 2.54. The number of rotatable bonds is 7. The van der Waals surface area contributed by atoms with Gasteiger partial charge >= 0.3 is 5.97 Å². The van der Waals surface area contributed by atoms with Gasteiger partial charge in [0.1, 0.15) is 0 Å². The van der Waals surface area contributed by atoms with Crippen LogP contribution in [0.4, 0.5) is 0 Å². The van der Waals surface area contributed by atoms with E-state index < -0.39 is 0 Å². The Bertz CT molecular complexity index is 181. The van der Waals surface area contributed by atoms with Crippen molar-refractivity contribution in [1.29, 1.82) is 0 Å². The van der Waals surface area contributed by atoms with Crippen molar-refractivity contribution in [2.45, 2.75) is 45.7 Å². The lowest BCUT2D eigenvalue weighted by Crippen LogP contribution is -2.40. The fraction of sp³-hybridized carbons (Fsp3) is 0.909. The number of esters is 1. The number of carbonyl (C=O) groups is 1. The van der Waals surface area contributed by atoms with E-state index in [9.17, 15) is 4.79 Å². The van der Waals surface area contributed by atoms with E-state index in [4.69, 9.17) is 5.11 Å². The van der Waals surface area contributed by atoms with Crippen LogP contribution in [0.25, 0.3) is 0 Å². The molecule has 0 aliphatic rings. The first-order valence-electron chi connectivity index (χ1n) is 5.49. The molecule has 0 amide bonds. The second-order valence-corrected chi connectivity index (χ2v) is 4.02. The highest BCUT2D eigenvalue weighted by Crippen LogP contribution is 2.08. The standard InChI is InChI=1S/C11H23NO3/c1-5-10(7-13)12-9(3)6-8(2)11(14)15-4/h8-10,12-13H,5-7H2,1-4H3/t8?,9?,10-/m1/s1. The maximum Gasteiger partial charge on any atom is 0.308 e. The number of hydrogen-bond donors (Lipinski definition) is 2. The summed E-state index contributed by atoms with van der Waals surface area (Å²) in [5.74, 6) is -0.283. The van der Waals surface area contributed by atoms with E-state index in [2.05, 4.69) is 10.1 Å². The molecule has 4 heteroatoms. The Morgan fingerprint density at radius 2 is 2.07 bits per heavy atom. The molecular formula is C11H23NO3. The summed E-state index contributed by atoms with van der Waals surface area (Å²) >= 11 is 0. The Morgan fingerprint density at radius 1 is 1.47 bits per heavy atom. The first kappa shape index (κ1) is 14.4. The molecule has 4 nitrogen and oxygen atoms in total. The van der Waals surface area contributed by atoms with Gasteiger partial charge in [-0.25, -0.2) is 0 Å². The van der Waals surface area contributed by atoms with E-state index in [0.717, 1.165) is 12.8 Å². The average molecular weight is 217 g/mol. The maximum absolute atomic E-state index is 11.2. The second kappa shape index (κ2) is 7.65. The Balaban J connectivity index is 3.91. The molecule has 0 bridgehead atoms. The van der Waals surface area contributed by atoms with Crippen molar-refractivity contribution in [2.24, 2.45) is 5.92 Å². The number of nitrogens with one attached hydrogen (secondary N) is 1. The zero-order chi connectivity index (χ0) is 11.8. The smallest absolute Gasteiger partial charge is 0.308 e. The Hall–Kier alpha value is -0.610. The minimum Gasteiger partial charge on any atom is -0.469 e. The molecule has 0 saturated heterocycles. The summed E-state index contributed by atoms with van der Waals surface area (Å²) in [6.07, 6.45) is 1.61. The van der Waals surface area contributed by atoms with Crippen LogP contribution in [0.1, 0.15) is 33.6 Å². The normalized spacial score (nSPS) is 16.9. The van der Waals surface area contributed by atoms with Crippen LogP contribution in [0.2, 0.25) is 0 Å². The van der Waals surface area contributed by atoms with E-state index >= 15 is 0 Å². The highest BCUT2D eigenvalue weighted by molar-refractivity contribution is 5.71. The SMILES string of the molecule is CC[C@H](CO)NC(C)CC(C)C(=O)OC.